The van der Waals surface area contributed by atoms with Crippen LogP contribution in [0.25, 0.3) is 0 Å². The van der Waals surface area contributed by atoms with E-state index in [0.29, 0.717) is 29.9 Å². The van der Waals surface area contributed by atoms with Gasteiger partial charge in [0.05, 0.1) is 12.2 Å². The highest BCUT2D eigenvalue weighted by Crippen LogP contribution is 2.35. The minimum Gasteiger partial charge on any atom is -0.339 e. The van der Waals surface area contributed by atoms with E-state index < -0.39 is 0 Å². The Kier molecular flexibility index (Phi) is 4.45. The van der Waals surface area contributed by atoms with Crippen LogP contribution in [0.1, 0.15) is 66.4 Å². The molecule has 0 bridgehead atoms. The molecule has 0 saturated heterocycles. The van der Waals surface area contributed by atoms with Gasteiger partial charge in [-0.3, -0.25) is 9.48 Å². The summed E-state index contributed by atoms with van der Waals surface area (Å²) in [4.78, 5) is 18.6. The SMILES string of the molecule is CCCc1cc(C(=O)N(C)Cc2noc(C3CCC3)n2)n(C)n1. The van der Waals surface area contributed by atoms with Crippen molar-refractivity contribution in [3.8, 4) is 0 Å². The number of amides is 1. The zero-order valence-electron chi connectivity index (χ0n) is 13.9. The van der Waals surface area contributed by atoms with Crippen molar-refractivity contribution in [1.82, 2.24) is 24.8 Å². The fraction of sp³-hybridized carbons (Fsp3) is 0.625. The highest BCUT2D eigenvalue weighted by atomic mass is 16.5. The molecule has 0 spiro atoms. The molecule has 2 aromatic heterocycles. The minimum absolute atomic E-state index is 0.0858. The topological polar surface area (TPSA) is 77.0 Å². The number of hydrogen-bond donors (Lipinski definition) is 0. The van der Waals surface area contributed by atoms with Gasteiger partial charge >= 0.3 is 0 Å². The maximum absolute atomic E-state index is 12.6. The van der Waals surface area contributed by atoms with Crippen LogP contribution >= 0.6 is 0 Å². The molecule has 0 unspecified atom stereocenters. The number of carbonyl (C=O) groups is 1. The Morgan fingerprint density at radius 3 is 2.91 bits per heavy atom. The van der Waals surface area contributed by atoms with Gasteiger partial charge in [0.1, 0.15) is 5.69 Å². The number of carbonyl (C=O) groups excluding carboxylic acids is 1. The van der Waals surface area contributed by atoms with Gasteiger partial charge in [0.2, 0.25) is 5.89 Å². The van der Waals surface area contributed by atoms with Gasteiger partial charge in [0.15, 0.2) is 5.82 Å². The molecule has 23 heavy (non-hydrogen) atoms. The average molecular weight is 317 g/mol. The number of hydrogen-bond acceptors (Lipinski definition) is 5. The quantitative estimate of drug-likeness (QED) is 0.817. The van der Waals surface area contributed by atoms with Crippen LogP contribution in [0.3, 0.4) is 0 Å². The third kappa shape index (κ3) is 3.28. The second-order valence-electron chi connectivity index (χ2n) is 6.23. The second-order valence-corrected chi connectivity index (χ2v) is 6.23. The smallest absolute Gasteiger partial charge is 0.272 e. The summed E-state index contributed by atoms with van der Waals surface area (Å²) in [5.41, 5.74) is 1.53. The molecule has 2 heterocycles. The number of nitrogens with zero attached hydrogens (tertiary/aromatic N) is 5. The average Bonchev–Trinajstić information content (AvgIpc) is 3.04. The number of aryl methyl sites for hydroxylation is 2. The zero-order chi connectivity index (χ0) is 16.4. The normalized spacial score (nSPS) is 14.7. The molecule has 1 fully saturated rings. The summed E-state index contributed by atoms with van der Waals surface area (Å²) in [6.45, 7) is 2.43. The zero-order valence-corrected chi connectivity index (χ0v) is 13.9. The van der Waals surface area contributed by atoms with Gasteiger partial charge in [-0.25, -0.2) is 0 Å². The first kappa shape index (κ1) is 15.7. The van der Waals surface area contributed by atoms with Crippen molar-refractivity contribution in [2.24, 2.45) is 7.05 Å². The van der Waals surface area contributed by atoms with Crippen LogP contribution in [-0.4, -0.2) is 37.8 Å². The summed E-state index contributed by atoms with van der Waals surface area (Å²) >= 11 is 0. The Morgan fingerprint density at radius 1 is 1.48 bits per heavy atom. The Balaban J connectivity index is 1.66. The van der Waals surface area contributed by atoms with Gasteiger partial charge in [-0.15, -0.1) is 0 Å². The van der Waals surface area contributed by atoms with Crippen LogP contribution in [0.4, 0.5) is 0 Å². The summed E-state index contributed by atoms with van der Waals surface area (Å²) in [5, 5.41) is 8.37. The van der Waals surface area contributed by atoms with E-state index in [9.17, 15) is 4.79 Å². The maximum Gasteiger partial charge on any atom is 0.272 e. The Bertz CT molecular complexity index is 686. The van der Waals surface area contributed by atoms with Crippen molar-refractivity contribution in [2.45, 2.75) is 51.5 Å². The second kappa shape index (κ2) is 6.52. The van der Waals surface area contributed by atoms with Crippen molar-refractivity contribution < 1.29 is 9.32 Å². The molecule has 124 valence electrons. The number of aromatic nitrogens is 4. The van der Waals surface area contributed by atoms with Crippen LogP contribution in [0, 0.1) is 0 Å². The van der Waals surface area contributed by atoms with Crippen molar-refractivity contribution in [1.29, 1.82) is 0 Å². The molecule has 7 heteroatoms. The van der Waals surface area contributed by atoms with E-state index in [1.807, 2.05) is 6.07 Å². The van der Waals surface area contributed by atoms with E-state index in [1.165, 1.54) is 6.42 Å². The molecule has 1 saturated carbocycles. The molecule has 1 amide bonds. The van der Waals surface area contributed by atoms with Gasteiger partial charge in [0, 0.05) is 20.0 Å². The minimum atomic E-state index is -0.0858. The molecule has 0 aromatic carbocycles. The predicted octanol–water partition coefficient (Wildman–Crippen LogP) is 2.30. The highest BCUT2D eigenvalue weighted by molar-refractivity contribution is 5.92. The van der Waals surface area contributed by atoms with Crippen LogP contribution < -0.4 is 0 Å². The molecule has 0 N–H and O–H groups in total. The largest absolute Gasteiger partial charge is 0.339 e. The van der Waals surface area contributed by atoms with Crippen LogP contribution in [0.15, 0.2) is 10.6 Å². The third-order valence-electron chi connectivity index (χ3n) is 4.32. The van der Waals surface area contributed by atoms with Gasteiger partial charge in [-0.05, 0) is 25.3 Å². The Labute approximate surface area is 135 Å². The lowest BCUT2D eigenvalue weighted by molar-refractivity contribution is 0.0769. The first-order valence-corrected chi connectivity index (χ1v) is 8.19. The van der Waals surface area contributed by atoms with E-state index >= 15 is 0 Å². The summed E-state index contributed by atoms with van der Waals surface area (Å²) < 4.78 is 6.94. The Hall–Kier alpha value is -2.18. The lowest BCUT2D eigenvalue weighted by atomic mass is 9.85. The van der Waals surface area contributed by atoms with E-state index in [0.717, 1.165) is 31.4 Å². The van der Waals surface area contributed by atoms with Crippen molar-refractivity contribution >= 4 is 5.91 Å². The van der Waals surface area contributed by atoms with Crippen molar-refractivity contribution in [2.75, 3.05) is 7.05 Å². The van der Waals surface area contributed by atoms with Crippen LogP contribution in [0.5, 0.6) is 0 Å². The molecule has 0 atom stereocenters. The van der Waals surface area contributed by atoms with Gasteiger partial charge in [-0.1, -0.05) is 24.9 Å². The van der Waals surface area contributed by atoms with E-state index in [2.05, 4.69) is 22.2 Å². The number of rotatable bonds is 6. The lowest BCUT2D eigenvalue weighted by Gasteiger charge is -2.20. The van der Waals surface area contributed by atoms with Gasteiger partial charge < -0.3 is 9.42 Å². The first-order chi connectivity index (χ1) is 11.1. The molecular weight excluding hydrogens is 294 g/mol. The molecule has 1 aliphatic carbocycles. The summed E-state index contributed by atoms with van der Waals surface area (Å²) in [5.74, 6) is 1.58. The fourth-order valence-electron chi connectivity index (χ4n) is 2.74. The molecule has 3 rings (SSSR count). The van der Waals surface area contributed by atoms with Gasteiger partial charge in [0.25, 0.3) is 5.91 Å². The predicted molar refractivity (Wildman–Crippen MR) is 83.9 cm³/mol. The maximum atomic E-state index is 12.6. The molecular formula is C16H23N5O2. The monoisotopic (exact) mass is 317 g/mol. The van der Waals surface area contributed by atoms with E-state index in [1.54, 1.807) is 23.7 Å². The molecule has 2 aromatic rings. The highest BCUT2D eigenvalue weighted by Gasteiger charge is 2.26. The molecule has 1 aliphatic rings. The molecule has 0 radical (unpaired) electrons. The first-order valence-electron chi connectivity index (χ1n) is 8.19. The lowest BCUT2D eigenvalue weighted by Crippen LogP contribution is -2.28. The third-order valence-corrected chi connectivity index (χ3v) is 4.32. The standard InChI is InChI=1S/C16H23N5O2/c1-4-6-12-9-13(21(3)18-12)16(22)20(2)10-14-17-15(23-19-14)11-7-5-8-11/h9,11H,4-8,10H2,1-3H3. The molecule has 0 aliphatic heterocycles. The van der Waals surface area contributed by atoms with E-state index in [-0.39, 0.29) is 5.91 Å². The van der Waals surface area contributed by atoms with Crippen molar-refractivity contribution in [3.63, 3.8) is 0 Å². The molecule has 7 nitrogen and oxygen atoms in total. The summed E-state index contributed by atoms with van der Waals surface area (Å²) in [7, 11) is 3.54. The van der Waals surface area contributed by atoms with Gasteiger partial charge in [-0.2, -0.15) is 10.1 Å². The Morgan fingerprint density at radius 2 is 2.26 bits per heavy atom. The van der Waals surface area contributed by atoms with Crippen LogP contribution in [0.2, 0.25) is 0 Å². The fourth-order valence-corrected chi connectivity index (χ4v) is 2.74. The summed E-state index contributed by atoms with van der Waals surface area (Å²) in [6.07, 6.45) is 5.34. The summed E-state index contributed by atoms with van der Waals surface area (Å²) in [6, 6.07) is 1.86. The van der Waals surface area contributed by atoms with E-state index in [4.69, 9.17) is 4.52 Å². The van der Waals surface area contributed by atoms with Crippen LogP contribution in [-0.2, 0) is 20.0 Å². The van der Waals surface area contributed by atoms with Crippen molar-refractivity contribution in [3.05, 3.63) is 29.2 Å².